The predicted octanol–water partition coefficient (Wildman–Crippen LogP) is 5.45. The molecule has 0 atom stereocenters. The monoisotopic (exact) mass is 358 g/mol. The van der Waals surface area contributed by atoms with Crippen LogP contribution in [0.4, 0.5) is 0 Å². The van der Waals surface area contributed by atoms with E-state index in [1.54, 1.807) is 0 Å². The van der Waals surface area contributed by atoms with Gasteiger partial charge in [-0.25, -0.2) is 0 Å². The van der Waals surface area contributed by atoms with Crippen LogP contribution >= 0.6 is 0 Å². The van der Waals surface area contributed by atoms with Crippen molar-refractivity contribution in [3.8, 4) is 5.75 Å². The molecule has 0 aliphatic carbocycles. The third kappa shape index (κ3) is 6.15. The molecular formula is C24H22O3. The van der Waals surface area contributed by atoms with Crippen LogP contribution in [0.3, 0.4) is 0 Å². The van der Waals surface area contributed by atoms with Crippen molar-refractivity contribution >= 4 is 18.1 Å². The summed E-state index contributed by atoms with van der Waals surface area (Å²) < 4.78 is 5.85. The maximum Gasteiger partial charge on any atom is 0.303 e. The lowest BCUT2D eigenvalue weighted by molar-refractivity contribution is -0.136. The Morgan fingerprint density at radius 2 is 1.52 bits per heavy atom. The maximum atomic E-state index is 10.6. The predicted molar refractivity (Wildman–Crippen MR) is 109 cm³/mol. The minimum Gasteiger partial charge on any atom is -0.489 e. The number of rotatable bonds is 8. The molecule has 0 aliphatic heterocycles. The molecule has 0 radical (unpaired) electrons. The van der Waals surface area contributed by atoms with E-state index in [1.807, 2.05) is 54.6 Å². The molecule has 0 aromatic heterocycles. The summed E-state index contributed by atoms with van der Waals surface area (Å²) in [5, 5.41) is 8.74. The standard InChI is InChI=1S/C24H22O3/c25-24(26)16-13-20-11-14-23(15-12-20)27-18-22-8-4-7-21(17-22)10-9-19-5-2-1-3-6-19/h1-12,14-15,17H,13,16,18H2,(H,25,26). The highest BCUT2D eigenvalue weighted by atomic mass is 16.5. The molecule has 1 N–H and O–H groups in total. The first kappa shape index (κ1) is 18.5. The molecule has 0 heterocycles. The third-order valence-corrected chi connectivity index (χ3v) is 4.18. The molecule has 3 rings (SSSR count). The third-order valence-electron chi connectivity index (χ3n) is 4.18. The van der Waals surface area contributed by atoms with Crippen LogP contribution in [0.5, 0.6) is 5.75 Å². The van der Waals surface area contributed by atoms with Crippen LogP contribution in [0.25, 0.3) is 12.2 Å². The van der Waals surface area contributed by atoms with Gasteiger partial charge in [0.2, 0.25) is 0 Å². The van der Waals surface area contributed by atoms with Crippen molar-refractivity contribution in [3.63, 3.8) is 0 Å². The molecule has 27 heavy (non-hydrogen) atoms. The van der Waals surface area contributed by atoms with Crippen molar-refractivity contribution in [2.45, 2.75) is 19.4 Å². The van der Waals surface area contributed by atoms with E-state index in [4.69, 9.17) is 9.84 Å². The van der Waals surface area contributed by atoms with Gasteiger partial charge < -0.3 is 9.84 Å². The Labute approximate surface area is 159 Å². The van der Waals surface area contributed by atoms with Crippen molar-refractivity contribution < 1.29 is 14.6 Å². The molecule has 3 aromatic rings. The molecule has 3 nitrogen and oxygen atoms in total. The molecular weight excluding hydrogens is 336 g/mol. The van der Waals surface area contributed by atoms with Crippen LogP contribution in [-0.4, -0.2) is 11.1 Å². The van der Waals surface area contributed by atoms with Crippen LogP contribution in [0.2, 0.25) is 0 Å². The van der Waals surface area contributed by atoms with Gasteiger partial charge in [0.1, 0.15) is 12.4 Å². The van der Waals surface area contributed by atoms with Crippen LogP contribution in [0, 0.1) is 0 Å². The quantitative estimate of drug-likeness (QED) is 0.544. The number of ether oxygens (including phenoxy) is 1. The van der Waals surface area contributed by atoms with Crippen LogP contribution in [0.1, 0.15) is 28.7 Å². The average Bonchev–Trinajstić information content (AvgIpc) is 2.71. The lowest BCUT2D eigenvalue weighted by Crippen LogP contribution is -1.98. The summed E-state index contributed by atoms with van der Waals surface area (Å²) in [5.74, 6) is -0.00386. The second-order valence-corrected chi connectivity index (χ2v) is 6.32. The van der Waals surface area contributed by atoms with E-state index in [0.29, 0.717) is 13.0 Å². The van der Waals surface area contributed by atoms with E-state index in [-0.39, 0.29) is 6.42 Å². The Morgan fingerprint density at radius 1 is 0.815 bits per heavy atom. The molecule has 0 unspecified atom stereocenters. The first-order valence-electron chi connectivity index (χ1n) is 8.95. The van der Waals surface area contributed by atoms with Gasteiger partial charge in [-0.1, -0.05) is 72.8 Å². The average molecular weight is 358 g/mol. The molecule has 3 heteroatoms. The molecule has 0 fully saturated rings. The number of aliphatic carboxylic acids is 1. The lowest BCUT2D eigenvalue weighted by atomic mass is 10.1. The van der Waals surface area contributed by atoms with Crippen molar-refractivity contribution in [2.24, 2.45) is 0 Å². The van der Waals surface area contributed by atoms with Crippen LogP contribution < -0.4 is 4.74 Å². The molecule has 0 saturated heterocycles. The highest BCUT2D eigenvalue weighted by Gasteiger charge is 2.01. The Hall–Kier alpha value is -3.33. The van der Waals surface area contributed by atoms with Crippen LogP contribution in [-0.2, 0) is 17.8 Å². The second kappa shape index (κ2) is 9.39. The zero-order chi connectivity index (χ0) is 18.9. The normalized spacial score (nSPS) is 10.8. The summed E-state index contributed by atoms with van der Waals surface area (Å²) in [5.41, 5.74) is 4.39. The van der Waals surface area contributed by atoms with Crippen molar-refractivity contribution in [2.75, 3.05) is 0 Å². The van der Waals surface area contributed by atoms with Crippen molar-refractivity contribution in [1.82, 2.24) is 0 Å². The van der Waals surface area contributed by atoms with Gasteiger partial charge in [-0.2, -0.15) is 0 Å². The van der Waals surface area contributed by atoms with Gasteiger partial charge >= 0.3 is 5.97 Å². The lowest BCUT2D eigenvalue weighted by Gasteiger charge is -2.08. The summed E-state index contributed by atoms with van der Waals surface area (Å²) in [4.78, 5) is 10.6. The smallest absolute Gasteiger partial charge is 0.303 e. The van der Waals surface area contributed by atoms with Crippen LogP contribution in [0.15, 0.2) is 78.9 Å². The number of hydrogen-bond donors (Lipinski definition) is 1. The fourth-order valence-electron chi connectivity index (χ4n) is 2.71. The fraction of sp³-hybridized carbons (Fsp3) is 0.125. The summed E-state index contributed by atoms with van der Waals surface area (Å²) >= 11 is 0. The molecule has 0 bridgehead atoms. The molecule has 0 amide bonds. The van der Waals surface area contributed by atoms with Crippen molar-refractivity contribution in [1.29, 1.82) is 0 Å². The van der Waals surface area contributed by atoms with Gasteiger partial charge in [-0.15, -0.1) is 0 Å². The number of benzene rings is 3. The number of hydrogen-bond acceptors (Lipinski definition) is 2. The first-order valence-corrected chi connectivity index (χ1v) is 8.95. The van der Waals surface area contributed by atoms with E-state index in [1.165, 1.54) is 5.56 Å². The number of aryl methyl sites for hydroxylation is 1. The maximum absolute atomic E-state index is 10.6. The van der Waals surface area contributed by atoms with Gasteiger partial charge in [0, 0.05) is 6.42 Å². The Kier molecular flexibility index (Phi) is 6.42. The van der Waals surface area contributed by atoms with Gasteiger partial charge in [-0.3, -0.25) is 4.79 Å². The van der Waals surface area contributed by atoms with Gasteiger partial charge in [0.25, 0.3) is 0 Å². The highest BCUT2D eigenvalue weighted by Crippen LogP contribution is 2.16. The fourth-order valence-corrected chi connectivity index (χ4v) is 2.71. The molecule has 0 saturated carbocycles. The van der Waals surface area contributed by atoms with E-state index < -0.39 is 5.97 Å². The van der Waals surface area contributed by atoms with Gasteiger partial charge in [0.15, 0.2) is 0 Å². The zero-order valence-corrected chi connectivity index (χ0v) is 15.0. The summed E-state index contributed by atoms with van der Waals surface area (Å²) in [6.45, 7) is 0.488. The minimum absolute atomic E-state index is 0.142. The van der Waals surface area contributed by atoms with Gasteiger partial charge in [0.05, 0.1) is 0 Å². The summed E-state index contributed by atoms with van der Waals surface area (Å²) in [6, 6.07) is 26.1. The number of carboxylic acids is 1. The second-order valence-electron chi connectivity index (χ2n) is 6.32. The summed E-state index contributed by atoms with van der Waals surface area (Å²) in [7, 11) is 0. The topological polar surface area (TPSA) is 46.5 Å². The van der Waals surface area contributed by atoms with Gasteiger partial charge in [-0.05, 0) is 46.9 Å². The van der Waals surface area contributed by atoms with E-state index in [0.717, 1.165) is 22.4 Å². The molecule has 0 spiro atoms. The number of carbonyl (C=O) groups is 1. The molecule has 3 aromatic carbocycles. The largest absolute Gasteiger partial charge is 0.489 e. The Balaban J connectivity index is 1.56. The number of carboxylic acid groups (broad SMARTS) is 1. The SMILES string of the molecule is O=C(O)CCc1ccc(OCc2cccc(C=Cc3ccccc3)c2)cc1. The van der Waals surface area contributed by atoms with E-state index in [2.05, 4.69) is 36.4 Å². The zero-order valence-electron chi connectivity index (χ0n) is 15.0. The van der Waals surface area contributed by atoms with E-state index >= 15 is 0 Å². The first-order chi connectivity index (χ1) is 13.2. The highest BCUT2D eigenvalue weighted by molar-refractivity contribution is 5.69. The van der Waals surface area contributed by atoms with E-state index in [9.17, 15) is 4.79 Å². The molecule has 136 valence electrons. The molecule has 0 aliphatic rings. The Bertz CT molecular complexity index is 896. The van der Waals surface area contributed by atoms with Crippen molar-refractivity contribution in [3.05, 3.63) is 101 Å². The minimum atomic E-state index is -0.781. The Morgan fingerprint density at radius 3 is 2.26 bits per heavy atom. The summed E-state index contributed by atoms with van der Waals surface area (Å²) in [6.07, 6.45) is 4.86.